The first-order valence-corrected chi connectivity index (χ1v) is 8.25. The van der Waals surface area contributed by atoms with Gasteiger partial charge in [0, 0.05) is 25.0 Å². The summed E-state index contributed by atoms with van der Waals surface area (Å²) in [5.41, 5.74) is 1.48. The highest BCUT2D eigenvalue weighted by atomic mass is 32.2. The largest absolute Gasteiger partial charge is 0.382 e. The number of nitrogens with zero attached hydrogens (tertiary/aromatic N) is 1. The van der Waals surface area contributed by atoms with Gasteiger partial charge in [0.15, 0.2) is 0 Å². The lowest BCUT2D eigenvalue weighted by Gasteiger charge is -2.38. The van der Waals surface area contributed by atoms with Crippen molar-refractivity contribution in [2.45, 2.75) is 18.3 Å². The minimum atomic E-state index is -3.12. The van der Waals surface area contributed by atoms with Crippen LogP contribution in [-0.2, 0) is 15.4 Å². The van der Waals surface area contributed by atoms with E-state index in [2.05, 4.69) is 5.32 Å². The minimum Gasteiger partial charge on any atom is -0.382 e. The molecule has 0 saturated carbocycles. The number of hydrogen-bond donors (Lipinski definition) is 1. The molecule has 2 aliphatic rings. The van der Waals surface area contributed by atoms with Crippen molar-refractivity contribution in [3.05, 3.63) is 29.6 Å². The van der Waals surface area contributed by atoms with Gasteiger partial charge in [-0.15, -0.1) is 0 Å². The van der Waals surface area contributed by atoms with Crippen molar-refractivity contribution in [2.75, 3.05) is 31.2 Å². The predicted molar refractivity (Wildman–Crippen MR) is 72.2 cm³/mol. The van der Waals surface area contributed by atoms with Crippen molar-refractivity contribution in [1.29, 1.82) is 0 Å². The molecule has 2 heterocycles. The van der Waals surface area contributed by atoms with Crippen molar-refractivity contribution in [2.24, 2.45) is 0 Å². The number of para-hydroxylation sites is 1. The lowest BCUT2D eigenvalue weighted by molar-refractivity contribution is 0.250. The van der Waals surface area contributed by atoms with E-state index < -0.39 is 10.0 Å². The number of rotatable bonds is 1. The summed E-state index contributed by atoms with van der Waals surface area (Å²) in [5.74, 6) is -0.222. The number of benzene rings is 1. The molecule has 4 nitrogen and oxygen atoms in total. The first-order chi connectivity index (χ1) is 8.92. The van der Waals surface area contributed by atoms with Crippen LogP contribution in [0.15, 0.2) is 18.2 Å². The first-order valence-electron chi connectivity index (χ1n) is 6.40. The quantitative estimate of drug-likeness (QED) is 0.851. The molecule has 1 fully saturated rings. The van der Waals surface area contributed by atoms with Crippen LogP contribution < -0.4 is 5.32 Å². The third-order valence-corrected chi connectivity index (χ3v) is 5.64. The van der Waals surface area contributed by atoms with E-state index in [9.17, 15) is 12.8 Å². The lowest BCUT2D eigenvalue weighted by atomic mass is 9.75. The van der Waals surface area contributed by atoms with Crippen molar-refractivity contribution < 1.29 is 12.8 Å². The van der Waals surface area contributed by atoms with Gasteiger partial charge >= 0.3 is 0 Å². The number of halogens is 1. The molecule has 19 heavy (non-hydrogen) atoms. The number of nitrogens with one attached hydrogen (secondary N) is 1. The van der Waals surface area contributed by atoms with Crippen LogP contribution in [0.5, 0.6) is 0 Å². The van der Waals surface area contributed by atoms with Crippen molar-refractivity contribution in [3.63, 3.8) is 0 Å². The lowest BCUT2D eigenvalue weighted by Crippen LogP contribution is -2.45. The van der Waals surface area contributed by atoms with Gasteiger partial charge in [-0.2, -0.15) is 0 Å². The van der Waals surface area contributed by atoms with Crippen molar-refractivity contribution in [1.82, 2.24) is 4.31 Å². The zero-order valence-electron chi connectivity index (χ0n) is 10.8. The second-order valence-electron chi connectivity index (χ2n) is 5.46. The van der Waals surface area contributed by atoms with Gasteiger partial charge in [-0.1, -0.05) is 12.1 Å². The van der Waals surface area contributed by atoms with Gasteiger partial charge in [-0.25, -0.2) is 17.1 Å². The molecule has 1 spiro atoms. The van der Waals surface area contributed by atoms with Gasteiger partial charge < -0.3 is 5.32 Å². The van der Waals surface area contributed by atoms with E-state index in [0.717, 1.165) is 18.4 Å². The maximum absolute atomic E-state index is 13.7. The average Bonchev–Trinajstić information content (AvgIpc) is 2.70. The van der Waals surface area contributed by atoms with Gasteiger partial charge in [-0.3, -0.25) is 0 Å². The van der Waals surface area contributed by atoms with Crippen LogP contribution >= 0.6 is 0 Å². The van der Waals surface area contributed by atoms with E-state index >= 15 is 0 Å². The van der Waals surface area contributed by atoms with Gasteiger partial charge in [0.1, 0.15) is 5.82 Å². The Morgan fingerprint density at radius 2 is 2.00 bits per heavy atom. The van der Waals surface area contributed by atoms with Crippen LogP contribution in [0.4, 0.5) is 10.1 Å². The molecule has 0 unspecified atom stereocenters. The van der Waals surface area contributed by atoms with Crippen molar-refractivity contribution >= 4 is 15.7 Å². The van der Waals surface area contributed by atoms with Crippen LogP contribution in [0, 0.1) is 5.82 Å². The molecule has 104 valence electrons. The summed E-state index contributed by atoms with van der Waals surface area (Å²) in [5, 5.41) is 3.14. The monoisotopic (exact) mass is 284 g/mol. The molecule has 1 aromatic carbocycles. The summed E-state index contributed by atoms with van der Waals surface area (Å²) in [4.78, 5) is 0. The molecular formula is C13H17FN2O2S. The molecule has 1 saturated heterocycles. The van der Waals surface area contributed by atoms with Crippen molar-refractivity contribution in [3.8, 4) is 0 Å². The summed E-state index contributed by atoms with van der Waals surface area (Å²) >= 11 is 0. The third kappa shape index (κ3) is 2.03. The zero-order chi connectivity index (χ0) is 13.7. The molecule has 1 aromatic rings. The van der Waals surface area contributed by atoms with E-state index in [1.165, 1.54) is 16.6 Å². The fourth-order valence-electron chi connectivity index (χ4n) is 3.19. The highest BCUT2D eigenvalue weighted by Gasteiger charge is 2.43. The maximum Gasteiger partial charge on any atom is 0.211 e. The highest BCUT2D eigenvalue weighted by molar-refractivity contribution is 7.88. The fraction of sp³-hybridized carbons (Fsp3) is 0.538. The van der Waals surface area contributed by atoms with Crippen LogP contribution in [0.25, 0.3) is 0 Å². The normalized spacial score (nSPS) is 22.2. The summed E-state index contributed by atoms with van der Waals surface area (Å²) in [6.45, 7) is 1.72. The van der Waals surface area contributed by atoms with E-state index in [0.29, 0.717) is 25.3 Å². The van der Waals surface area contributed by atoms with E-state index in [-0.39, 0.29) is 11.2 Å². The smallest absolute Gasteiger partial charge is 0.211 e. The van der Waals surface area contributed by atoms with Gasteiger partial charge in [-0.05, 0) is 24.5 Å². The molecule has 6 heteroatoms. The highest BCUT2D eigenvalue weighted by Crippen LogP contribution is 2.45. The second-order valence-corrected chi connectivity index (χ2v) is 7.44. The van der Waals surface area contributed by atoms with Crippen LogP contribution in [0.2, 0.25) is 0 Å². The minimum absolute atomic E-state index is 0.112. The maximum atomic E-state index is 13.7. The van der Waals surface area contributed by atoms with Crippen LogP contribution in [0.3, 0.4) is 0 Å². The Labute approximate surface area is 112 Å². The predicted octanol–water partition coefficient (Wildman–Crippen LogP) is 1.54. The third-order valence-electron chi connectivity index (χ3n) is 4.34. The van der Waals surface area contributed by atoms with E-state index in [1.54, 1.807) is 6.07 Å². The van der Waals surface area contributed by atoms with E-state index in [1.807, 2.05) is 6.07 Å². The molecule has 0 bridgehead atoms. The Kier molecular flexibility index (Phi) is 2.83. The number of hydrogen-bond acceptors (Lipinski definition) is 3. The van der Waals surface area contributed by atoms with Crippen LogP contribution in [-0.4, -0.2) is 38.6 Å². The first kappa shape index (κ1) is 12.9. The molecular weight excluding hydrogens is 267 g/mol. The molecule has 3 rings (SSSR count). The molecule has 0 radical (unpaired) electrons. The van der Waals surface area contributed by atoms with Gasteiger partial charge in [0.05, 0.1) is 11.9 Å². The Morgan fingerprint density at radius 3 is 2.63 bits per heavy atom. The zero-order valence-corrected chi connectivity index (χ0v) is 11.6. The van der Waals surface area contributed by atoms with Gasteiger partial charge in [0.2, 0.25) is 10.0 Å². The molecule has 0 amide bonds. The Balaban J connectivity index is 1.89. The molecule has 1 N–H and O–H groups in total. The molecule has 0 aliphatic carbocycles. The average molecular weight is 284 g/mol. The van der Waals surface area contributed by atoms with Gasteiger partial charge in [0.25, 0.3) is 0 Å². The molecule has 0 atom stereocenters. The molecule has 0 aromatic heterocycles. The standard InChI is InChI=1S/C13H17FN2O2S/c1-19(17,18)16-7-5-13(6-8-16)9-15-12-10(13)3-2-4-11(12)14/h2-4,15H,5-9H2,1H3. The SMILES string of the molecule is CS(=O)(=O)N1CCC2(CC1)CNc1c(F)cccc12. The Morgan fingerprint density at radius 1 is 1.32 bits per heavy atom. The number of fused-ring (bicyclic) bond motifs is 2. The molecule has 2 aliphatic heterocycles. The Hall–Kier alpha value is -1.14. The van der Waals surface area contributed by atoms with Crippen LogP contribution in [0.1, 0.15) is 18.4 Å². The summed E-state index contributed by atoms with van der Waals surface area (Å²) in [6.07, 6.45) is 2.72. The van der Waals surface area contributed by atoms with E-state index in [4.69, 9.17) is 0 Å². The summed E-state index contributed by atoms with van der Waals surface area (Å²) in [7, 11) is -3.12. The summed E-state index contributed by atoms with van der Waals surface area (Å²) in [6, 6.07) is 5.14. The topological polar surface area (TPSA) is 49.4 Å². The fourth-order valence-corrected chi connectivity index (χ4v) is 4.04. The number of anilines is 1. The number of sulfonamides is 1. The number of piperidine rings is 1. The Bertz CT molecular complexity index is 607. The summed E-state index contributed by atoms with van der Waals surface area (Å²) < 4.78 is 38.3. The second kappa shape index (κ2) is 4.18.